The molecule has 0 spiro atoms. The van der Waals surface area contributed by atoms with Gasteiger partial charge in [0, 0.05) is 12.0 Å². The highest BCUT2D eigenvalue weighted by Crippen LogP contribution is 2.27. The van der Waals surface area contributed by atoms with E-state index >= 15 is 0 Å². The fourth-order valence-electron chi connectivity index (χ4n) is 2.88. The molecule has 0 saturated heterocycles. The molecule has 2 atom stereocenters. The molecule has 4 nitrogen and oxygen atoms in total. The molecule has 2 rings (SSSR count). The average Bonchev–Trinajstić information content (AvgIpc) is 2.63. The molecular formula is C20H28ClNO3. The van der Waals surface area contributed by atoms with Gasteiger partial charge < -0.3 is 19.9 Å². The molecule has 2 aromatic rings. The van der Waals surface area contributed by atoms with Crippen molar-refractivity contribution < 1.29 is 14.6 Å². The van der Waals surface area contributed by atoms with Crippen LogP contribution < -0.4 is 14.8 Å². The number of methoxy groups -OCH3 is 2. The Morgan fingerprint density at radius 1 is 1.00 bits per heavy atom. The molecule has 2 unspecified atom stereocenters. The Labute approximate surface area is 156 Å². The van der Waals surface area contributed by atoms with Crippen LogP contribution in [-0.4, -0.2) is 38.5 Å². The first-order valence-corrected chi connectivity index (χ1v) is 8.29. The van der Waals surface area contributed by atoms with Crippen LogP contribution in [0, 0.1) is 0 Å². The normalized spacial score (nSPS) is 12.8. The van der Waals surface area contributed by atoms with Gasteiger partial charge in [0.2, 0.25) is 0 Å². The number of hydrogen-bond donors (Lipinski definition) is 2. The van der Waals surface area contributed by atoms with Crippen molar-refractivity contribution in [3.8, 4) is 11.5 Å². The average molecular weight is 366 g/mol. The minimum atomic E-state index is 0. The lowest BCUT2D eigenvalue weighted by atomic mass is 9.93. The molecule has 0 heterocycles. The second-order valence-electron chi connectivity index (χ2n) is 5.88. The van der Waals surface area contributed by atoms with Gasteiger partial charge in [-0.1, -0.05) is 36.4 Å². The molecule has 5 heteroatoms. The zero-order valence-electron chi connectivity index (χ0n) is 15.1. The van der Waals surface area contributed by atoms with Crippen LogP contribution >= 0.6 is 12.4 Å². The first kappa shape index (κ1) is 21.3. The van der Waals surface area contributed by atoms with Crippen molar-refractivity contribution in [1.82, 2.24) is 5.32 Å². The van der Waals surface area contributed by atoms with Crippen molar-refractivity contribution in [2.45, 2.75) is 25.3 Å². The predicted octanol–water partition coefficient (Wildman–Crippen LogP) is 3.42. The summed E-state index contributed by atoms with van der Waals surface area (Å²) < 4.78 is 10.6. The van der Waals surface area contributed by atoms with Crippen LogP contribution in [-0.2, 0) is 6.42 Å². The molecule has 0 aromatic heterocycles. The number of halogens is 1. The highest BCUT2D eigenvalue weighted by atomic mass is 35.5. The summed E-state index contributed by atoms with van der Waals surface area (Å²) in [5, 5.41) is 13.2. The maximum Gasteiger partial charge on any atom is 0.160 e. The van der Waals surface area contributed by atoms with Crippen LogP contribution in [0.25, 0.3) is 0 Å². The van der Waals surface area contributed by atoms with Crippen molar-refractivity contribution in [3.63, 3.8) is 0 Å². The maximum absolute atomic E-state index is 9.72. The van der Waals surface area contributed by atoms with Gasteiger partial charge in [0.15, 0.2) is 11.5 Å². The van der Waals surface area contributed by atoms with E-state index in [4.69, 9.17) is 9.47 Å². The second-order valence-corrected chi connectivity index (χ2v) is 5.88. The maximum atomic E-state index is 9.72. The highest BCUT2D eigenvalue weighted by molar-refractivity contribution is 5.85. The number of benzene rings is 2. The minimum absolute atomic E-state index is 0. The summed E-state index contributed by atoms with van der Waals surface area (Å²) >= 11 is 0. The van der Waals surface area contributed by atoms with Crippen molar-refractivity contribution in [2.75, 3.05) is 27.4 Å². The van der Waals surface area contributed by atoms with E-state index in [1.165, 1.54) is 5.56 Å². The second kappa shape index (κ2) is 11.0. The Kier molecular flexibility index (Phi) is 9.35. The van der Waals surface area contributed by atoms with E-state index in [1.54, 1.807) is 14.2 Å². The lowest BCUT2D eigenvalue weighted by Gasteiger charge is -2.24. The van der Waals surface area contributed by atoms with Crippen LogP contribution in [0.4, 0.5) is 0 Å². The third kappa shape index (κ3) is 5.92. The molecule has 0 aliphatic rings. The Morgan fingerprint density at radius 3 is 2.28 bits per heavy atom. The molecule has 0 saturated carbocycles. The van der Waals surface area contributed by atoms with Gasteiger partial charge in [0.1, 0.15) is 0 Å². The molecular weight excluding hydrogens is 338 g/mol. The molecule has 0 fully saturated rings. The van der Waals surface area contributed by atoms with Gasteiger partial charge >= 0.3 is 0 Å². The van der Waals surface area contributed by atoms with Gasteiger partial charge in [0.05, 0.1) is 20.8 Å². The number of hydrogen-bond acceptors (Lipinski definition) is 4. The third-order valence-corrected chi connectivity index (χ3v) is 4.36. The van der Waals surface area contributed by atoms with Crippen LogP contribution in [0.1, 0.15) is 24.0 Å². The third-order valence-electron chi connectivity index (χ3n) is 4.36. The molecule has 0 bridgehead atoms. The summed E-state index contributed by atoms with van der Waals surface area (Å²) in [5.74, 6) is 1.59. The van der Waals surface area contributed by atoms with Gasteiger partial charge in [0.25, 0.3) is 0 Å². The Hall–Kier alpha value is -1.75. The topological polar surface area (TPSA) is 50.7 Å². The summed E-state index contributed by atoms with van der Waals surface area (Å²) in [6, 6.07) is 16.3. The SMILES string of the molecule is COc1ccc(CCNC(C)C(CO)c2ccccc2)cc1OC.Cl. The highest BCUT2D eigenvalue weighted by Gasteiger charge is 2.17. The van der Waals surface area contributed by atoms with E-state index in [9.17, 15) is 5.11 Å². The van der Waals surface area contributed by atoms with E-state index in [-0.39, 0.29) is 31.0 Å². The van der Waals surface area contributed by atoms with Crippen LogP contribution in [0.2, 0.25) is 0 Å². The van der Waals surface area contributed by atoms with Gasteiger partial charge in [-0.3, -0.25) is 0 Å². The lowest BCUT2D eigenvalue weighted by Crippen LogP contribution is -2.35. The van der Waals surface area contributed by atoms with Crippen LogP contribution in [0.15, 0.2) is 48.5 Å². The first-order valence-electron chi connectivity index (χ1n) is 8.29. The zero-order valence-corrected chi connectivity index (χ0v) is 15.9. The fourth-order valence-corrected chi connectivity index (χ4v) is 2.88. The van der Waals surface area contributed by atoms with Gasteiger partial charge in [-0.05, 0) is 43.1 Å². The molecule has 25 heavy (non-hydrogen) atoms. The van der Waals surface area contributed by atoms with Crippen molar-refractivity contribution in [1.29, 1.82) is 0 Å². The van der Waals surface area contributed by atoms with E-state index in [0.29, 0.717) is 0 Å². The van der Waals surface area contributed by atoms with Crippen LogP contribution in [0.3, 0.4) is 0 Å². The number of rotatable bonds is 9. The Balaban J connectivity index is 0.00000312. The molecule has 2 N–H and O–H groups in total. The number of ether oxygens (including phenoxy) is 2. The van der Waals surface area contributed by atoms with Gasteiger partial charge in [-0.25, -0.2) is 0 Å². The molecule has 138 valence electrons. The van der Waals surface area contributed by atoms with Crippen LogP contribution in [0.5, 0.6) is 11.5 Å². The Bertz CT molecular complexity index is 622. The molecule has 0 amide bonds. The monoisotopic (exact) mass is 365 g/mol. The van der Waals surface area contributed by atoms with Crippen molar-refractivity contribution in [2.24, 2.45) is 0 Å². The van der Waals surface area contributed by atoms with Gasteiger partial charge in [-0.15, -0.1) is 12.4 Å². The summed E-state index contributed by atoms with van der Waals surface area (Å²) in [6.45, 7) is 3.08. The predicted molar refractivity (Wildman–Crippen MR) is 104 cm³/mol. The summed E-state index contributed by atoms with van der Waals surface area (Å²) in [6.07, 6.45) is 0.887. The van der Waals surface area contributed by atoms with E-state index in [1.807, 2.05) is 30.3 Å². The Morgan fingerprint density at radius 2 is 1.68 bits per heavy atom. The summed E-state index contributed by atoms with van der Waals surface area (Å²) in [4.78, 5) is 0. The number of aliphatic hydroxyl groups is 1. The summed E-state index contributed by atoms with van der Waals surface area (Å²) in [5.41, 5.74) is 2.35. The standard InChI is InChI=1S/C20H27NO3.ClH/c1-15(18(14-22)17-7-5-4-6-8-17)21-12-11-16-9-10-19(23-2)20(13-16)24-3;/h4-10,13,15,18,21-22H,11-12,14H2,1-3H3;1H. The zero-order chi connectivity index (χ0) is 17.4. The molecule has 0 aliphatic heterocycles. The number of nitrogens with one attached hydrogen (secondary N) is 1. The first-order chi connectivity index (χ1) is 11.7. The van der Waals surface area contributed by atoms with Gasteiger partial charge in [-0.2, -0.15) is 0 Å². The largest absolute Gasteiger partial charge is 0.493 e. The van der Waals surface area contributed by atoms with E-state index < -0.39 is 0 Å². The van der Waals surface area contributed by atoms with E-state index in [0.717, 1.165) is 30.0 Å². The van der Waals surface area contributed by atoms with Crippen molar-refractivity contribution >= 4 is 12.4 Å². The van der Waals surface area contributed by atoms with Crippen molar-refractivity contribution in [3.05, 3.63) is 59.7 Å². The van der Waals surface area contributed by atoms with E-state index in [2.05, 4.69) is 30.4 Å². The summed E-state index contributed by atoms with van der Waals surface area (Å²) in [7, 11) is 3.28. The molecule has 2 aromatic carbocycles. The lowest BCUT2D eigenvalue weighted by molar-refractivity contribution is 0.240. The molecule has 0 aliphatic carbocycles. The fraction of sp³-hybridized carbons (Fsp3) is 0.400. The molecule has 0 radical (unpaired) electrons. The number of aliphatic hydroxyl groups excluding tert-OH is 1. The quantitative estimate of drug-likeness (QED) is 0.715. The smallest absolute Gasteiger partial charge is 0.160 e. The minimum Gasteiger partial charge on any atom is -0.493 e.